The van der Waals surface area contributed by atoms with Gasteiger partial charge in [-0.2, -0.15) is 0 Å². The minimum Gasteiger partial charge on any atom is -0.481 e. The molecule has 4 heteroatoms. The molecule has 3 unspecified atom stereocenters. The highest BCUT2D eigenvalue weighted by molar-refractivity contribution is 5.81. The second-order valence-electron chi connectivity index (χ2n) is 5.94. The molecule has 4 nitrogen and oxygen atoms in total. The summed E-state index contributed by atoms with van der Waals surface area (Å²) in [5.41, 5.74) is 0. The lowest BCUT2D eigenvalue weighted by atomic mass is 9.83. The predicted molar refractivity (Wildman–Crippen MR) is 81.9 cm³/mol. The molecular weight excluding hydrogens is 268 g/mol. The van der Waals surface area contributed by atoms with Crippen molar-refractivity contribution in [2.24, 2.45) is 11.8 Å². The Morgan fingerprint density at radius 3 is 2.38 bits per heavy atom. The molecule has 21 heavy (non-hydrogen) atoms. The number of carbonyl (C=O) groups is 2. The van der Waals surface area contributed by atoms with Crippen LogP contribution in [-0.2, 0) is 14.3 Å². The Labute approximate surface area is 127 Å². The minimum absolute atomic E-state index is 0.125. The highest BCUT2D eigenvalue weighted by atomic mass is 16.5. The molecule has 0 fully saturated rings. The summed E-state index contributed by atoms with van der Waals surface area (Å²) in [6, 6.07) is 0. The molecule has 0 aliphatic heterocycles. The SMILES string of the molecule is CCCCCCCC(C)OC(=O)C1CC=CCC1C(=O)O. The van der Waals surface area contributed by atoms with Crippen LogP contribution in [0.15, 0.2) is 12.2 Å². The zero-order chi connectivity index (χ0) is 15.7. The molecule has 0 saturated heterocycles. The summed E-state index contributed by atoms with van der Waals surface area (Å²) >= 11 is 0. The Balaban J connectivity index is 2.34. The van der Waals surface area contributed by atoms with Gasteiger partial charge in [-0.25, -0.2) is 0 Å². The third kappa shape index (κ3) is 6.32. The molecule has 0 radical (unpaired) electrons. The molecular formula is C17H28O4. The van der Waals surface area contributed by atoms with Crippen molar-refractivity contribution in [2.45, 2.75) is 71.3 Å². The Hall–Kier alpha value is -1.32. The van der Waals surface area contributed by atoms with Gasteiger partial charge in [-0.1, -0.05) is 44.8 Å². The summed E-state index contributed by atoms with van der Waals surface area (Å²) in [5, 5.41) is 9.17. The van der Waals surface area contributed by atoms with Gasteiger partial charge in [0.05, 0.1) is 17.9 Å². The van der Waals surface area contributed by atoms with Crippen molar-refractivity contribution in [2.75, 3.05) is 0 Å². The number of unbranched alkanes of at least 4 members (excludes halogenated alkanes) is 4. The quantitative estimate of drug-likeness (QED) is 0.397. The topological polar surface area (TPSA) is 63.6 Å². The van der Waals surface area contributed by atoms with E-state index in [0.717, 1.165) is 12.8 Å². The number of carboxylic acids is 1. The third-order valence-corrected chi connectivity index (χ3v) is 4.08. The van der Waals surface area contributed by atoms with Gasteiger partial charge < -0.3 is 9.84 Å². The van der Waals surface area contributed by atoms with Crippen molar-refractivity contribution in [3.05, 3.63) is 12.2 Å². The van der Waals surface area contributed by atoms with Crippen LogP contribution in [0.4, 0.5) is 0 Å². The van der Waals surface area contributed by atoms with Crippen molar-refractivity contribution < 1.29 is 19.4 Å². The molecule has 0 amide bonds. The largest absolute Gasteiger partial charge is 0.481 e. The van der Waals surface area contributed by atoms with E-state index >= 15 is 0 Å². The van der Waals surface area contributed by atoms with Crippen molar-refractivity contribution in [3.8, 4) is 0 Å². The van der Waals surface area contributed by atoms with Crippen LogP contribution in [-0.4, -0.2) is 23.1 Å². The Morgan fingerprint density at radius 2 is 1.76 bits per heavy atom. The molecule has 1 N–H and O–H groups in total. The van der Waals surface area contributed by atoms with Crippen LogP contribution in [0, 0.1) is 11.8 Å². The van der Waals surface area contributed by atoms with Crippen LogP contribution in [0.1, 0.15) is 65.2 Å². The van der Waals surface area contributed by atoms with E-state index in [1.54, 1.807) is 0 Å². The summed E-state index contributed by atoms with van der Waals surface area (Å²) in [6.07, 6.45) is 11.3. The molecule has 3 atom stereocenters. The second-order valence-corrected chi connectivity index (χ2v) is 5.94. The molecule has 1 aliphatic rings. The maximum absolute atomic E-state index is 12.1. The van der Waals surface area contributed by atoms with E-state index in [-0.39, 0.29) is 12.1 Å². The molecule has 0 aromatic heterocycles. The number of ether oxygens (including phenoxy) is 1. The van der Waals surface area contributed by atoms with E-state index in [1.807, 2.05) is 19.1 Å². The Kier molecular flexibility index (Phi) is 8.09. The lowest BCUT2D eigenvalue weighted by molar-refractivity contribution is -0.161. The highest BCUT2D eigenvalue weighted by Gasteiger charge is 2.35. The summed E-state index contributed by atoms with van der Waals surface area (Å²) in [4.78, 5) is 23.3. The van der Waals surface area contributed by atoms with Gasteiger partial charge in [0, 0.05) is 0 Å². The maximum atomic E-state index is 12.1. The molecule has 1 rings (SSSR count). The molecule has 0 spiro atoms. The first-order valence-electron chi connectivity index (χ1n) is 8.14. The molecule has 0 heterocycles. The first kappa shape index (κ1) is 17.7. The molecule has 0 saturated carbocycles. The lowest BCUT2D eigenvalue weighted by Gasteiger charge is -2.25. The maximum Gasteiger partial charge on any atom is 0.310 e. The number of esters is 1. The van der Waals surface area contributed by atoms with Crippen molar-refractivity contribution in [1.29, 1.82) is 0 Å². The number of allylic oxidation sites excluding steroid dienone is 2. The van der Waals surface area contributed by atoms with Crippen LogP contribution >= 0.6 is 0 Å². The van der Waals surface area contributed by atoms with Crippen molar-refractivity contribution >= 4 is 11.9 Å². The smallest absolute Gasteiger partial charge is 0.310 e. The summed E-state index contributed by atoms with van der Waals surface area (Å²) in [7, 11) is 0. The minimum atomic E-state index is -0.909. The van der Waals surface area contributed by atoms with Crippen LogP contribution in [0.3, 0.4) is 0 Å². The fourth-order valence-corrected chi connectivity index (χ4v) is 2.73. The van der Waals surface area contributed by atoms with Crippen LogP contribution in [0.5, 0.6) is 0 Å². The van der Waals surface area contributed by atoms with E-state index in [2.05, 4.69) is 6.92 Å². The molecule has 0 aromatic carbocycles. The number of aliphatic carboxylic acids is 1. The molecule has 120 valence electrons. The predicted octanol–water partition coefficient (Wildman–Crippen LogP) is 3.95. The monoisotopic (exact) mass is 296 g/mol. The Bertz CT molecular complexity index is 362. The number of hydrogen-bond donors (Lipinski definition) is 1. The van der Waals surface area contributed by atoms with E-state index in [0.29, 0.717) is 12.8 Å². The fraction of sp³-hybridized carbons (Fsp3) is 0.765. The molecule has 0 bridgehead atoms. The van der Waals surface area contributed by atoms with Gasteiger partial charge >= 0.3 is 11.9 Å². The zero-order valence-corrected chi connectivity index (χ0v) is 13.2. The fourth-order valence-electron chi connectivity index (χ4n) is 2.73. The number of carboxylic acid groups (broad SMARTS) is 1. The van der Waals surface area contributed by atoms with Gasteiger partial charge in [-0.05, 0) is 32.6 Å². The van der Waals surface area contributed by atoms with E-state index in [1.165, 1.54) is 25.7 Å². The van der Waals surface area contributed by atoms with Gasteiger partial charge in [0.2, 0.25) is 0 Å². The van der Waals surface area contributed by atoms with E-state index in [4.69, 9.17) is 4.74 Å². The van der Waals surface area contributed by atoms with Crippen LogP contribution in [0.25, 0.3) is 0 Å². The summed E-state index contributed by atoms with van der Waals surface area (Å²) in [6.45, 7) is 4.08. The van der Waals surface area contributed by atoms with Crippen molar-refractivity contribution in [3.63, 3.8) is 0 Å². The zero-order valence-electron chi connectivity index (χ0n) is 13.2. The number of hydrogen-bond acceptors (Lipinski definition) is 3. The number of rotatable bonds is 9. The first-order chi connectivity index (χ1) is 10.1. The normalized spacial score (nSPS) is 22.8. The average Bonchev–Trinajstić information content (AvgIpc) is 2.47. The summed E-state index contributed by atoms with van der Waals surface area (Å²) < 4.78 is 5.44. The summed E-state index contributed by atoms with van der Waals surface area (Å²) in [5.74, 6) is -2.43. The van der Waals surface area contributed by atoms with Gasteiger partial charge in [-0.3, -0.25) is 9.59 Å². The van der Waals surface area contributed by atoms with Crippen LogP contribution < -0.4 is 0 Å². The third-order valence-electron chi connectivity index (χ3n) is 4.08. The van der Waals surface area contributed by atoms with Crippen LogP contribution in [0.2, 0.25) is 0 Å². The Morgan fingerprint density at radius 1 is 1.14 bits per heavy atom. The standard InChI is InChI=1S/C17H28O4/c1-3-4-5-6-7-10-13(2)21-17(20)15-12-9-8-11-14(15)16(18)19/h8-9,13-15H,3-7,10-12H2,1-2H3,(H,18,19). The van der Waals surface area contributed by atoms with Gasteiger partial charge in [0.15, 0.2) is 0 Å². The van der Waals surface area contributed by atoms with Gasteiger partial charge in [0.25, 0.3) is 0 Å². The second kappa shape index (κ2) is 9.59. The number of carbonyl (C=O) groups excluding carboxylic acids is 1. The van der Waals surface area contributed by atoms with Gasteiger partial charge in [-0.15, -0.1) is 0 Å². The van der Waals surface area contributed by atoms with E-state index in [9.17, 15) is 14.7 Å². The first-order valence-corrected chi connectivity index (χ1v) is 8.14. The van der Waals surface area contributed by atoms with Gasteiger partial charge in [0.1, 0.15) is 0 Å². The molecule has 1 aliphatic carbocycles. The molecule has 0 aromatic rings. The van der Waals surface area contributed by atoms with E-state index < -0.39 is 17.8 Å². The van der Waals surface area contributed by atoms with Crippen molar-refractivity contribution in [1.82, 2.24) is 0 Å². The average molecular weight is 296 g/mol. The highest BCUT2D eigenvalue weighted by Crippen LogP contribution is 2.27. The lowest BCUT2D eigenvalue weighted by Crippen LogP contribution is -2.33.